The molecule has 0 aliphatic carbocycles. The van der Waals surface area contributed by atoms with E-state index in [2.05, 4.69) is 25.1 Å². The van der Waals surface area contributed by atoms with Crippen molar-refractivity contribution in [3.63, 3.8) is 0 Å². The quantitative estimate of drug-likeness (QED) is 0.648. The molecular formula is C18H21NO. The van der Waals surface area contributed by atoms with Gasteiger partial charge in [-0.1, -0.05) is 50.5 Å². The molecule has 0 aliphatic rings. The predicted octanol–water partition coefficient (Wildman–Crippen LogP) is 5.17. The van der Waals surface area contributed by atoms with E-state index in [4.69, 9.17) is 10.2 Å². The van der Waals surface area contributed by atoms with Crippen LogP contribution in [0.4, 0.5) is 0 Å². The Hall–Kier alpha value is -1.80. The van der Waals surface area contributed by atoms with Gasteiger partial charge in [0.05, 0.1) is 0 Å². The lowest BCUT2D eigenvalue weighted by molar-refractivity contribution is 0.581. The largest absolute Gasteiger partial charge is 0.456 e. The van der Waals surface area contributed by atoms with Crippen LogP contribution in [-0.4, -0.2) is 0 Å². The lowest BCUT2D eigenvalue weighted by Crippen LogP contribution is -2.09. The molecular weight excluding hydrogens is 246 g/mol. The normalized spacial score (nSPS) is 13.1. The monoisotopic (exact) mass is 267 g/mol. The van der Waals surface area contributed by atoms with Gasteiger partial charge in [0, 0.05) is 16.8 Å². The minimum atomic E-state index is 0.125. The Kier molecular flexibility index (Phi) is 3.75. The van der Waals surface area contributed by atoms with Gasteiger partial charge in [-0.3, -0.25) is 0 Å². The maximum Gasteiger partial charge on any atom is 0.135 e. The summed E-state index contributed by atoms with van der Waals surface area (Å²) in [4.78, 5) is 0. The van der Waals surface area contributed by atoms with Crippen molar-refractivity contribution in [2.24, 2.45) is 5.73 Å². The Morgan fingerprint density at radius 1 is 1.00 bits per heavy atom. The molecule has 0 spiro atoms. The molecule has 1 aromatic heterocycles. The third-order valence-electron chi connectivity index (χ3n) is 3.95. The average molecular weight is 267 g/mol. The van der Waals surface area contributed by atoms with Crippen molar-refractivity contribution in [1.82, 2.24) is 0 Å². The van der Waals surface area contributed by atoms with E-state index >= 15 is 0 Å². The van der Waals surface area contributed by atoms with E-state index < -0.39 is 0 Å². The molecule has 0 aliphatic heterocycles. The topological polar surface area (TPSA) is 39.2 Å². The molecule has 104 valence electrons. The number of nitrogens with two attached hydrogens (primary N) is 1. The number of furan rings is 1. The van der Waals surface area contributed by atoms with Crippen LogP contribution in [0.25, 0.3) is 21.9 Å². The van der Waals surface area contributed by atoms with Gasteiger partial charge < -0.3 is 10.2 Å². The molecule has 2 aromatic carbocycles. The molecule has 1 unspecified atom stereocenters. The SMILES string of the molecule is CCCCCC(N)c1ccc2oc3ccccc3c2c1. The van der Waals surface area contributed by atoms with Gasteiger partial charge in [0.25, 0.3) is 0 Å². The van der Waals surface area contributed by atoms with Crippen LogP contribution < -0.4 is 5.73 Å². The molecule has 1 heterocycles. The Balaban J connectivity index is 1.95. The second-order valence-corrected chi connectivity index (χ2v) is 5.46. The van der Waals surface area contributed by atoms with E-state index in [1.54, 1.807) is 0 Å². The number of rotatable bonds is 5. The highest BCUT2D eigenvalue weighted by molar-refractivity contribution is 6.04. The fraction of sp³-hybridized carbons (Fsp3) is 0.333. The highest BCUT2D eigenvalue weighted by Gasteiger charge is 2.10. The Bertz CT molecular complexity index is 714. The first kappa shape index (κ1) is 13.2. The molecule has 0 radical (unpaired) electrons. The maximum absolute atomic E-state index is 6.31. The van der Waals surface area contributed by atoms with Crippen LogP contribution in [0.1, 0.15) is 44.2 Å². The van der Waals surface area contributed by atoms with Crippen molar-refractivity contribution in [1.29, 1.82) is 0 Å². The van der Waals surface area contributed by atoms with E-state index in [0.29, 0.717) is 0 Å². The third-order valence-corrected chi connectivity index (χ3v) is 3.95. The third kappa shape index (κ3) is 2.44. The fourth-order valence-electron chi connectivity index (χ4n) is 2.76. The number of para-hydroxylation sites is 1. The predicted molar refractivity (Wildman–Crippen MR) is 84.8 cm³/mol. The summed E-state index contributed by atoms with van der Waals surface area (Å²) in [6.07, 6.45) is 4.74. The summed E-state index contributed by atoms with van der Waals surface area (Å²) in [5.41, 5.74) is 9.40. The van der Waals surface area contributed by atoms with Crippen molar-refractivity contribution in [2.75, 3.05) is 0 Å². The maximum atomic E-state index is 6.31. The van der Waals surface area contributed by atoms with Gasteiger partial charge in [-0.15, -0.1) is 0 Å². The lowest BCUT2D eigenvalue weighted by Gasteiger charge is -2.11. The zero-order valence-corrected chi connectivity index (χ0v) is 11.9. The van der Waals surface area contributed by atoms with Crippen LogP contribution >= 0.6 is 0 Å². The van der Waals surface area contributed by atoms with Crippen molar-refractivity contribution in [3.05, 3.63) is 48.0 Å². The van der Waals surface area contributed by atoms with Crippen LogP contribution in [0.5, 0.6) is 0 Å². The summed E-state index contributed by atoms with van der Waals surface area (Å²) < 4.78 is 5.84. The second kappa shape index (κ2) is 5.68. The molecule has 3 rings (SSSR count). The van der Waals surface area contributed by atoms with Gasteiger partial charge >= 0.3 is 0 Å². The van der Waals surface area contributed by atoms with Crippen molar-refractivity contribution >= 4 is 21.9 Å². The summed E-state index contributed by atoms with van der Waals surface area (Å²) in [5, 5.41) is 2.34. The number of hydrogen-bond acceptors (Lipinski definition) is 2. The minimum absolute atomic E-state index is 0.125. The summed E-state index contributed by atoms with van der Waals surface area (Å²) in [5.74, 6) is 0. The smallest absolute Gasteiger partial charge is 0.135 e. The van der Waals surface area contributed by atoms with Gasteiger partial charge in [-0.05, 0) is 30.2 Å². The highest BCUT2D eigenvalue weighted by Crippen LogP contribution is 2.31. The fourth-order valence-corrected chi connectivity index (χ4v) is 2.76. The van der Waals surface area contributed by atoms with Gasteiger partial charge in [0.2, 0.25) is 0 Å². The Morgan fingerprint density at radius 3 is 2.65 bits per heavy atom. The number of hydrogen-bond donors (Lipinski definition) is 1. The lowest BCUT2D eigenvalue weighted by atomic mass is 9.99. The molecule has 2 nitrogen and oxygen atoms in total. The van der Waals surface area contributed by atoms with Crippen LogP contribution in [0.3, 0.4) is 0 Å². The van der Waals surface area contributed by atoms with E-state index in [9.17, 15) is 0 Å². The molecule has 0 saturated carbocycles. The Morgan fingerprint density at radius 2 is 1.80 bits per heavy atom. The van der Waals surface area contributed by atoms with E-state index in [0.717, 1.165) is 17.6 Å². The van der Waals surface area contributed by atoms with Gasteiger partial charge in [0.15, 0.2) is 0 Å². The summed E-state index contributed by atoms with van der Waals surface area (Å²) in [7, 11) is 0. The molecule has 0 fully saturated rings. The van der Waals surface area contributed by atoms with E-state index in [-0.39, 0.29) is 6.04 Å². The number of benzene rings is 2. The van der Waals surface area contributed by atoms with Gasteiger partial charge in [-0.25, -0.2) is 0 Å². The highest BCUT2D eigenvalue weighted by atomic mass is 16.3. The summed E-state index contributed by atoms with van der Waals surface area (Å²) >= 11 is 0. The molecule has 0 bridgehead atoms. The zero-order valence-electron chi connectivity index (χ0n) is 11.9. The Labute approximate surface area is 119 Å². The van der Waals surface area contributed by atoms with Crippen molar-refractivity contribution in [2.45, 2.75) is 38.6 Å². The molecule has 0 saturated heterocycles. The molecule has 1 atom stereocenters. The first-order valence-corrected chi connectivity index (χ1v) is 7.46. The van der Waals surface area contributed by atoms with Crippen LogP contribution in [0.15, 0.2) is 46.9 Å². The van der Waals surface area contributed by atoms with E-state index in [1.807, 2.05) is 24.3 Å². The van der Waals surface area contributed by atoms with Crippen LogP contribution in [0.2, 0.25) is 0 Å². The van der Waals surface area contributed by atoms with E-state index in [1.165, 1.54) is 35.6 Å². The van der Waals surface area contributed by atoms with Crippen molar-refractivity contribution in [3.8, 4) is 0 Å². The number of fused-ring (bicyclic) bond motifs is 3. The first-order chi connectivity index (χ1) is 9.79. The average Bonchev–Trinajstić information content (AvgIpc) is 2.85. The molecule has 3 aromatic rings. The minimum Gasteiger partial charge on any atom is -0.456 e. The number of unbranched alkanes of at least 4 members (excludes halogenated alkanes) is 2. The standard InChI is InChI=1S/C18H21NO/c1-2-3-4-8-16(19)13-10-11-18-15(12-13)14-7-5-6-9-17(14)20-18/h5-7,9-12,16H,2-4,8,19H2,1H3. The zero-order chi connectivity index (χ0) is 13.9. The summed E-state index contributed by atoms with van der Waals surface area (Å²) in [6.45, 7) is 2.22. The molecule has 20 heavy (non-hydrogen) atoms. The van der Waals surface area contributed by atoms with Gasteiger partial charge in [0.1, 0.15) is 11.2 Å². The second-order valence-electron chi connectivity index (χ2n) is 5.46. The summed E-state index contributed by atoms with van der Waals surface area (Å²) in [6, 6.07) is 14.6. The first-order valence-electron chi connectivity index (χ1n) is 7.46. The van der Waals surface area contributed by atoms with Crippen molar-refractivity contribution < 1.29 is 4.42 Å². The van der Waals surface area contributed by atoms with Crippen LogP contribution in [0, 0.1) is 0 Å². The molecule has 2 N–H and O–H groups in total. The molecule has 2 heteroatoms. The van der Waals surface area contributed by atoms with Gasteiger partial charge in [-0.2, -0.15) is 0 Å². The molecule has 0 amide bonds. The van der Waals surface area contributed by atoms with Crippen LogP contribution in [-0.2, 0) is 0 Å².